The molecule has 0 radical (unpaired) electrons. The molecular weight excluding hydrogens is 188 g/mol. The van der Waals surface area contributed by atoms with Gasteiger partial charge in [-0.2, -0.15) is 0 Å². The van der Waals surface area contributed by atoms with Crippen molar-refractivity contribution in [2.45, 2.75) is 0 Å². The van der Waals surface area contributed by atoms with Crippen molar-refractivity contribution >= 4 is 17.9 Å². The molecule has 1 aromatic rings. The van der Waals surface area contributed by atoms with Crippen LogP contribution in [0.2, 0.25) is 5.02 Å². The van der Waals surface area contributed by atoms with Gasteiger partial charge in [-0.3, -0.25) is 4.79 Å². The number of benzene rings is 1. The molecule has 0 aliphatic carbocycles. The average Bonchev–Trinajstić information content (AvgIpc) is 2.15. The third kappa shape index (κ3) is 2.59. The quantitative estimate of drug-likeness (QED) is 0.544. The molecule has 0 bridgehead atoms. The van der Waals surface area contributed by atoms with Crippen LogP contribution in [-0.4, -0.2) is 18.0 Å². The van der Waals surface area contributed by atoms with Gasteiger partial charge in [0.2, 0.25) is 0 Å². The van der Waals surface area contributed by atoms with E-state index < -0.39 is 0 Å². The number of rotatable bonds is 1. The molecule has 1 N–H and O–H groups in total. The highest BCUT2D eigenvalue weighted by Gasteiger charge is 1.98. The average molecular weight is 195 g/mol. The summed E-state index contributed by atoms with van der Waals surface area (Å²) in [5.74, 6) is 5.09. The van der Waals surface area contributed by atoms with Gasteiger partial charge in [0.05, 0.1) is 0 Å². The molecule has 13 heavy (non-hydrogen) atoms. The Kier molecular flexibility index (Phi) is 3.51. The van der Waals surface area contributed by atoms with Crippen LogP contribution in [-0.2, 0) is 0 Å². The Balaban J connectivity index is 3.15. The van der Waals surface area contributed by atoms with Gasteiger partial charge in [0.25, 0.3) is 0 Å². The van der Waals surface area contributed by atoms with E-state index in [1.54, 1.807) is 18.2 Å². The molecule has 0 aromatic heterocycles. The van der Waals surface area contributed by atoms with E-state index in [1.165, 1.54) is 0 Å². The first-order chi connectivity index (χ1) is 6.27. The summed E-state index contributed by atoms with van der Waals surface area (Å²) in [6.07, 6.45) is 0.706. The molecule has 0 aliphatic rings. The van der Waals surface area contributed by atoms with Crippen LogP contribution in [0.15, 0.2) is 18.2 Å². The molecular formula is C10H7ClO2. The minimum Gasteiger partial charge on any atom is -0.384 e. The lowest BCUT2D eigenvalue weighted by Gasteiger charge is -1.96. The first kappa shape index (κ1) is 9.79. The lowest BCUT2D eigenvalue weighted by molar-refractivity contribution is 0.112. The van der Waals surface area contributed by atoms with Gasteiger partial charge in [0, 0.05) is 16.1 Å². The SMILES string of the molecule is O=Cc1ccc(Cl)cc1C#CCO. The first-order valence-electron chi connectivity index (χ1n) is 3.62. The van der Waals surface area contributed by atoms with Crippen LogP contribution < -0.4 is 0 Å². The second kappa shape index (κ2) is 4.66. The van der Waals surface area contributed by atoms with Crippen molar-refractivity contribution in [1.82, 2.24) is 0 Å². The largest absolute Gasteiger partial charge is 0.384 e. The maximum absolute atomic E-state index is 10.5. The van der Waals surface area contributed by atoms with Crippen molar-refractivity contribution < 1.29 is 9.90 Å². The summed E-state index contributed by atoms with van der Waals surface area (Å²) in [6.45, 7) is -0.231. The molecule has 0 spiro atoms. The fourth-order valence-corrected chi connectivity index (χ4v) is 1.05. The van der Waals surface area contributed by atoms with E-state index in [0.29, 0.717) is 22.4 Å². The second-order valence-corrected chi connectivity index (χ2v) is 2.75. The van der Waals surface area contributed by atoms with Gasteiger partial charge in [-0.1, -0.05) is 23.4 Å². The van der Waals surface area contributed by atoms with Crippen LogP contribution in [0.25, 0.3) is 0 Å². The smallest absolute Gasteiger partial charge is 0.151 e. The van der Waals surface area contributed by atoms with Crippen LogP contribution in [0.4, 0.5) is 0 Å². The Morgan fingerprint density at radius 3 is 2.92 bits per heavy atom. The number of aldehydes is 1. The van der Waals surface area contributed by atoms with Crippen LogP contribution in [0.1, 0.15) is 15.9 Å². The summed E-state index contributed by atoms with van der Waals surface area (Å²) >= 11 is 5.71. The van der Waals surface area contributed by atoms with Crippen LogP contribution in [0.5, 0.6) is 0 Å². The third-order valence-corrected chi connectivity index (χ3v) is 1.68. The highest BCUT2D eigenvalue weighted by atomic mass is 35.5. The predicted molar refractivity (Wildman–Crippen MR) is 50.8 cm³/mol. The molecule has 0 unspecified atom stereocenters. The van der Waals surface area contributed by atoms with Gasteiger partial charge in [-0.25, -0.2) is 0 Å². The van der Waals surface area contributed by atoms with Gasteiger partial charge >= 0.3 is 0 Å². The van der Waals surface area contributed by atoms with Gasteiger partial charge in [-0.05, 0) is 18.2 Å². The van der Waals surface area contributed by atoms with E-state index in [0.717, 1.165) is 0 Å². The van der Waals surface area contributed by atoms with Crippen molar-refractivity contribution in [3.8, 4) is 11.8 Å². The molecule has 0 amide bonds. The third-order valence-electron chi connectivity index (χ3n) is 1.44. The number of hydrogen-bond donors (Lipinski definition) is 1. The Labute approximate surface area is 81.1 Å². The fraction of sp³-hybridized carbons (Fsp3) is 0.100. The normalized spacial score (nSPS) is 8.77. The Bertz CT molecular complexity index is 374. The molecule has 0 saturated heterocycles. The van der Waals surface area contributed by atoms with Crippen LogP contribution in [0.3, 0.4) is 0 Å². The standard InChI is InChI=1S/C10H7ClO2/c11-10-4-3-9(7-13)8(6-10)2-1-5-12/h3-4,6-7,12H,5H2. The Morgan fingerprint density at radius 1 is 1.54 bits per heavy atom. The Hall–Kier alpha value is -1.30. The highest BCUT2D eigenvalue weighted by molar-refractivity contribution is 6.30. The summed E-state index contributed by atoms with van der Waals surface area (Å²) in [6, 6.07) is 4.81. The molecule has 1 rings (SSSR count). The van der Waals surface area contributed by atoms with E-state index in [1.807, 2.05) is 0 Å². The summed E-state index contributed by atoms with van der Waals surface area (Å²) in [7, 11) is 0. The topological polar surface area (TPSA) is 37.3 Å². The molecule has 66 valence electrons. The number of aliphatic hydroxyl groups is 1. The number of halogens is 1. The van der Waals surface area contributed by atoms with Crippen molar-refractivity contribution in [1.29, 1.82) is 0 Å². The summed E-state index contributed by atoms with van der Waals surface area (Å²) in [4.78, 5) is 10.5. The van der Waals surface area contributed by atoms with E-state index in [4.69, 9.17) is 16.7 Å². The van der Waals surface area contributed by atoms with Crippen molar-refractivity contribution in [3.05, 3.63) is 34.3 Å². The predicted octanol–water partition coefficient (Wildman–Crippen LogP) is 1.50. The van der Waals surface area contributed by atoms with Gasteiger partial charge in [-0.15, -0.1) is 0 Å². The monoisotopic (exact) mass is 194 g/mol. The lowest BCUT2D eigenvalue weighted by atomic mass is 10.1. The zero-order valence-corrected chi connectivity index (χ0v) is 7.51. The number of aliphatic hydroxyl groups excluding tert-OH is 1. The number of carbonyl (C=O) groups is 1. The van der Waals surface area contributed by atoms with Gasteiger partial charge < -0.3 is 5.11 Å². The lowest BCUT2D eigenvalue weighted by Crippen LogP contribution is -1.87. The number of hydrogen-bond acceptors (Lipinski definition) is 2. The maximum Gasteiger partial charge on any atom is 0.151 e. The van der Waals surface area contributed by atoms with Crippen LogP contribution >= 0.6 is 11.6 Å². The minimum atomic E-state index is -0.231. The summed E-state index contributed by atoms with van der Waals surface area (Å²) in [5, 5.41) is 8.99. The zero-order chi connectivity index (χ0) is 9.68. The van der Waals surface area contributed by atoms with Gasteiger partial charge in [0.1, 0.15) is 6.61 Å². The fourth-order valence-electron chi connectivity index (χ4n) is 0.874. The number of carbonyl (C=O) groups excluding carboxylic acids is 1. The highest BCUT2D eigenvalue weighted by Crippen LogP contribution is 2.13. The minimum absolute atomic E-state index is 0.231. The van der Waals surface area contributed by atoms with Crippen molar-refractivity contribution in [2.75, 3.05) is 6.61 Å². The van der Waals surface area contributed by atoms with Gasteiger partial charge in [0.15, 0.2) is 6.29 Å². The molecule has 1 aromatic carbocycles. The molecule has 0 saturated carbocycles. The van der Waals surface area contributed by atoms with Crippen molar-refractivity contribution in [3.63, 3.8) is 0 Å². The second-order valence-electron chi connectivity index (χ2n) is 2.31. The molecule has 0 heterocycles. The summed E-state index contributed by atoms with van der Waals surface area (Å²) < 4.78 is 0. The van der Waals surface area contributed by atoms with E-state index >= 15 is 0 Å². The van der Waals surface area contributed by atoms with E-state index in [2.05, 4.69) is 11.8 Å². The van der Waals surface area contributed by atoms with Crippen LogP contribution in [0, 0.1) is 11.8 Å². The molecule has 2 nitrogen and oxygen atoms in total. The van der Waals surface area contributed by atoms with Crippen molar-refractivity contribution in [2.24, 2.45) is 0 Å². The summed E-state index contributed by atoms with van der Waals surface area (Å²) in [5.41, 5.74) is 1.02. The molecule has 3 heteroatoms. The molecule has 0 aliphatic heterocycles. The first-order valence-corrected chi connectivity index (χ1v) is 4.00. The zero-order valence-electron chi connectivity index (χ0n) is 6.75. The maximum atomic E-state index is 10.5. The molecule has 0 atom stereocenters. The Morgan fingerprint density at radius 2 is 2.31 bits per heavy atom. The molecule has 0 fully saturated rings. The van der Waals surface area contributed by atoms with E-state index in [9.17, 15) is 4.79 Å². The van der Waals surface area contributed by atoms with E-state index in [-0.39, 0.29) is 6.61 Å².